The van der Waals surface area contributed by atoms with Crippen LogP contribution in [0.2, 0.25) is 0 Å². The van der Waals surface area contributed by atoms with Crippen molar-refractivity contribution < 1.29 is 0 Å². The van der Waals surface area contributed by atoms with Gasteiger partial charge in [0.25, 0.3) is 0 Å². The zero-order chi connectivity index (χ0) is 14.1. The molecule has 2 N–H and O–H groups in total. The Morgan fingerprint density at radius 1 is 1.40 bits per heavy atom. The number of hydrogen-bond donors (Lipinski definition) is 1. The second kappa shape index (κ2) is 5.90. The highest BCUT2D eigenvalue weighted by molar-refractivity contribution is 7.99. The molecule has 5 heteroatoms. The molecule has 2 aromatic rings. The van der Waals surface area contributed by atoms with E-state index >= 15 is 0 Å². The number of thiophene rings is 1. The minimum atomic E-state index is 0.681. The molecule has 0 aliphatic heterocycles. The van der Waals surface area contributed by atoms with Crippen LogP contribution in [-0.4, -0.2) is 15.7 Å². The van der Waals surface area contributed by atoms with E-state index in [0.717, 1.165) is 33.5 Å². The van der Waals surface area contributed by atoms with Gasteiger partial charge in [-0.25, -0.2) is 9.97 Å². The summed E-state index contributed by atoms with van der Waals surface area (Å²) in [6, 6.07) is 0. The highest BCUT2D eigenvalue weighted by Gasteiger charge is 2.23. The maximum Gasteiger partial charge on any atom is 0.190 e. The van der Waals surface area contributed by atoms with Crippen LogP contribution in [0.25, 0.3) is 10.2 Å². The molecule has 0 saturated heterocycles. The molecule has 3 nitrogen and oxygen atoms in total. The van der Waals surface area contributed by atoms with Crippen molar-refractivity contribution in [3.05, 3.63) is 10.4 Å². The molecule has 0 unspecified atom stereocenters. The van der Waals surface area contributed by atoms with Crippen LogP contribution in [-0.2, 0) is 12.8 Å². The van der Waals surface area contributed by atoms with Crippen LogP contribution in [0.4, 0.5) is 5.82 Å². The second-order valence-electron chi connectivity index (χ2n) is 5.63. The molecule has 1 atom stereocenters. The predicted octanol–water partition coefficient (Wildman–Crippen LogP) is 4.29. The summed E-state index contributed by atoms with van der Waals surface area (Å²) in [5.41, 5.74) is 7.64. The maximum absolute atomic E-state index is 6.22. The van der Waals surface area contributed by atoms with E-state index in [2.05, 4.69) is 18.8 Å². The Hall–Kier alpha value is -0.810. The summed E-state index contributed by atoms with van der Waals surface area (Å²) >= 11 is 3.55. The van der Waals surface area contributed by atoms with Gasteiger partial charge in [0.15, 0.2) is 5.16 Å². The first kappa shape index (κ1) is 14.1. The Morgan fingerprint density at radius 2 is 2.25 bits per heavy atom. The average Bonchev–Trinajstić information content (AvgIpc) is 2.77. The van der Waals surface area contributed by atoms with Crippen LogP contribution in [0.5, 0.6) is 0 Å². The molecule has 2 aromatic heterocycles. The van der Waals surface area contributed by atoms with E-state index in [4.69, 9.17) is 10.7 Å². The van der Waals surface area contributed by atoms with Crippen LogP contribution < -0.4 is 5.73 Å². The third-order valence-corrected chi connectivity index (χ3v) is 6.01. The maximum atomic E-state index is 6.22. The van der Waals surface area contributed by atoms with Crippen molar-refractivity contribution in [2.75, 3.05) is 11.5 Å². The Labute approximate surface area is 128 Å². The van der Waals surface area contributed by atoms with Crippen LogP contribution in [0, 0.1) is 5.92 Å². The number of nitrogen functional groups attached to an aromatic ring is 1. The Kier molecular flexibility index (Phi) is 4.17. The smallest absolute Gasteiger partial charge is 0.190 e. The fraction of sp³-hybridized carbons (Fsp3) is 0.600. The van der Waals surface area contributed by atoms with Gasteiger partial charge in [-0.3, -0.25) is 0 Å². The lowest BCUT2D eigenvalue weighted by molar-refractivity contribution is 0.508. The highest BCUT2D eigenvalue weighted by atomic mass is 32.2. The van der Waals surface area contributed by atoms with E-state index in [-0.39, 0.29) is 0 Å². The predicted molar refractivity (Wildman–Crippen MR) is 88.6 cm³/mol. The fourth-order valence-corrected chi connectivity index (χ4v) is 4.95. The zero-order valence-corrected chi connectivity index (χ0v) is 13.7. The number of aryl methyl sites for hydroxylation is 1. The molecule has 0 saturated carbocycles. The molecule has 1 aliphatic carbocycles. The molecular formula is C15H21N3S2. The second-order valence-corrected chi connectivity index (χ2v) is 7.77. The number of anilines is 1. The van der Waals surface area contributed by atoms with Gasteiger partial charge in [0.1, 0.15) is 10.6 Å². The summed E-state index contributed by atoms with van der Waals surface area (Å²) in [5, 5.41) is 1.98. The van der Waals surface area contributed by atoms with Crippen molar-refractivity contribution in [2.45, 2.75) is 51.1 Å². The van der Waals surface area contributed by atoms with Crippen molar-refractivity contribution in [2.24, 2.45) is 5.92 Å². The molecule has 0 amide bonds. The number of thioether (sulfide) groups is 1. The standard InChI is InChI=1S/C15H21N3S2/c1-3-4-7-19-15-17-13(16)12-10-8-9(2)5-6-11(10)20-14(12)18-15/h9H,3-8H2,1-2H3,(H2,16,17,18)/t9-/m1/s1. The van der Waals surface area contributed by atoms with Gasteiger partial charge in [-0.15, -0.1) is 11.3 Å². The summed E-state index contributed by atoms with van der Waals surface area (Å²) in [6.07, 6.45) is 5.99. The zero-order valence-electron chi connectivity index (χ0n) is 12.1. The van der Waals surface area contributed by atoms with Gasteiger partial charge in [-0.2, -0.15) is 0 Å². The van der Waals surface area contributed by atoms with Gasteiger partial charge in [0.05, 0.1) is 5.39 Å². The molecule has 2 heterocycles. The van der Waals surface area contributed by atoms with Gasteiger partial charge >= 0.3 is 0 Å². The highest BCUT2D eigenvalue weighted by Crippen LogP contribution is 2.39. The first-order valence-corrected chi connectivity index (χ1v) is 9.19. The summed E-state index contributed by atoms with van der Waals surface area (Å²) in [4.78, 5) is 11.8. The molecule has 0 spiro atoms. The number of fused-ring (bicyclic) bond motifs is 3. The van der Waals surface area contributed by atoms with E-state index < -0.39 is 0 Å². The van der Waals surface area contributed by atoms with Crippen LogP contribution in [0.15, 0.2) is 5.16 Å². The third kappa shape index (κ3) is 2.66. The van der Waals surface area contributed by atoms with Gasteiger partial charge in [-0.05, 0) is 37.2 Å². The lowest BCUT2D eigenvalue weighted by Crippen LogP contribution is -2.09. The molecule has 108 valence electrons. The third-order valence-electron chi connectivity index (χ3n) is 3.89. The SMILES string of the molecule is CCCCSc1nc(N)c2c3c(sc2n1)CC[C@@H](C)C3. The monoisotopic (exact) mass is 307 g/mol. The summed E-state index contributed by atoms with van der Waals surface area (Å²) in [7, 11) is 0. The lowest BCUT2D eigenvalue weighted by atomic mass is 9.89. The minimum Gasteiger partial charge on any atom is -0.383 e. The first-order valence-electron chi connectivity index (χ1n) is 7.39. The van der Waals surface area contributed by atoms with Gasteiger partial charge in [-0.1, -0.05) is 32.0 Å². The lowest BCUT2D eigenvalue weighted by Gasteiger charge is -2.18. The van der Waals surface area contributed by atoms with E-state index in [0.29, 0.717) is 5.82 Å². The van der Waals surface area contributed by atoms with Crippen molar-refractivity contribution in [3.63, 3.8) is 0 Å². The first-order chi connectivity index (χ1) is 9.69. The summed E-state index contributed by atoms with van der Waals surface area (Å²) in [5.74, 6) is 2.50. The van der Waals surface area contributed by atoms with E-state index in [1.165, 1.54) is 36.1 Å². The Balaban J connectivity index is 1.97. The molecular weight excluding hydrogens is 286 g/mol. The quantitative estimate of drug-likeness (QED) is 0.520. The molecule has 0 bridgehead atoms. The molecule has 0 aromatic carbocycles. The molecule has 1 aliphatic rings. The molecule has 20 heavy (non-hydrogen) atoms. The molecule has 0 radical (unpaired) electrons. The van der Waals surface area contributed by atoms with Gasteiger partial charge in [0, 0.05) is 10.6 Å². The van der Waals surface area contributed by atoms with Crippen LogP contribution in [0.3, 0.4) is 0 Å². The molecule has 3 rings (SSSR count). The van der Waals surface area contributed by atoms with Crippen LogP contribution in [0.1, 0.15) is 43.6 Å². The largest absolute Gasteiger partial charge is 0.383 e. The number of unbranched alkanes of at least 4 members (excludes halogenated alkanes) is 1. The molecule has 0 fully saturated rings. The number of hydrogen-bond acceptors (Lipinski definition) is 5. The van der Waals surface area contributed by atoms with Crippen LogP contribution >= 0.6 is 23.1 Å². The number of nitrogens with zero attached hydrogens (tertiary/aromatic N) is 2. The van der Waals surface area contributed by atoms with Crippen molar-refractivity contribution in [1.82, 2.24) is 9.97 Å². The van der Waals surface area contributed by atoms with Gasteiger partial charge < -0.3 is 5.73 Å². The van der Waals surface area contributed by atoms with Crippen molar-refractivity contribution in [1.29, 1.82) is 0 Å². The summed E-state index contributed by atoms with van der Waals surface area (Å²) in [6.45, 7) is 4.52. The van der Waals surface area contributed by atoms with Crippen molar-refractivity contribution in [3.8, 4) is 0 Å². The number of nitrogens with two attached hydrogens (primary N) is 1. The number of aromatic nitrogens is 2. The van der Waals surface area contributed by atoms with E-state index in [1.54, 1.807) is 11.8 Å². The normalized spacial score (nSPS) is 18.4. The minimum absolute atomic E-state index is 0.681. The van der Waals surface area contributed by atoms with E-state index in [9.17, 15) is 0 Å². The summed E-state index contributed by atoms with van der Waals surface area (Å²) < 4.78 is 0. The number of rotatable bonds is 4. The topological polar surface area (TPSA) is 51.8 Å². The van der Waals surface area contributed by atoms with E-state index in [1.807, 2.05) is 11.3 Å². The Bertz CT molecular complexity index is 621. The fourth-order valence-electron chi connectivity index (χ4n) is 2.73. The van der Waals surface area contributed by atoms with Gasteiger partial charge in [0.2, 0.25) is 0 Å². The average molecular weight is 307 g/mol. The Morgan fingerprint density at radius 3 is 3.05 bits per heavy atom. The van der Waals surface area contributed by atoms with Crippen molar-refractivity contribution >= 4 is 39.1 Å².